The lowest BCUT2D eigenvalue weighted by atomic mass is 9.93. The Hall–Kier alpha value is -0.990. The lowest BCUT2D eigenvalue weighted by Gasteiger charge is -2.14. The van der Waals surface area contributed by atoms with E-state index in [2.05, 4.69) is 10.3 Å². The Bertz CT molecular complexity index is 573. The minimum atomic E-state index is -3.11. The number of carbonyl (C=O) groups excluding carboxylic acids is 1. The minimum absolute atomic E-state index is 0.0854. The molecule has 0 aliphatic heterocycles. The first-order valence-electron chi connectivity index (χ1n) is 6.19. The highest BCUT2D eigenvalue weighted by atomic mass is 32.2. The van der Waals surface area contributed by atoms with Gasteiger partial charge in [-0.05, 0) is 6.42 Å². The van der Waals surface area contributed by atoms with Crippen LogP contribution in [-0.4, -0.2) is 37.4 Å². The fourth-order valence-electron chi connectivity index (χ4n) is 1.35. The van der Waals surface area contributed by atoms with Crippen LogP contribution in [0.2, 0.25) is 0 Å². The molecule has 0 fully saturated rings. The molecular weight excluding hydrogens is 298 g/mol. The van der Waals surface area contributed by atoms with E-state index in [9.17, 15) is 13.2 Å². The molecular formula is C12H21N3O3S2. The van der Waals surface area contributed by atoms with Crippen molar-refractivity contribution < 1.29 is 13.2 Å². The zero-order chi connectivity index (χ0) is 15.6. The van der Waals surface area contributed by atoms with E-state index >= 15 is 0 Å². The average Bonchev–Trinajstić information content (AvgIpc) is 2.72. The second-order valence-electron chi connectivity index (χ2n) is 5.80. The standard InChI is InChI=1S/C12H21N3O3S2/c1-12(2,3)9-7-19-11(14-9)15-10(16)8(13)5-6-20(4,17)18/h7-8H,5-6,13H2,1-4H3,(H,14,15,16). The molecule has 0 bridgehead atoms. The molecule has 0 saturated heterocycles. The van der Waals surface area contributed by atoms with Crippen LogP contribution < -0.4 is 11.1 Å². The van der Waals surface area contributed by atoms with Crippen LogP contribution in [0.5, 0.6) is 0 Å². The number of nitrogens with zero attached hydrogens (tertiary/aromatic N) is 1. The number of nitrogens with two attached hydrogens (primary N) is 1. The SMILES string of the molecule is CC(C)(C)c1csc(NC(=O)C(N)CCS(C)(=O)=O)n1. The van der Waals surface area contributed by atoms with Gasteiger partial charge in [-0.25, -0.2) is 13.4 Å². The lowest BCUT2D eigenvalue weighted by molar-refractivity contribution is -0.117. The molecule has 3 N–H and O–H groups in total. The Kier molecular flexibility index (Phi) is 5.28. The molecule has 8 heteroatoms. The van der Waals surface area contributed by atoms with E-state index in [4.69, 9.17) is 5.73 Å². The maximum atomic E-state index is 11.8. The number of nitrogens with one attached hydrogen (secondary N) is 1. The van der Waals surface area contributed by atoms with Crippen LogP contribution in [0.25, 0.3) is 0 Å². The topological polar surface area (TPSA) is 102 Å². The zero-order valence-electron chi connectivity index (χ0n) is 12.1. The third-order valence-corrected chi connectivity index (χ3v) is 4.37. The molecule has 0 aliphatic carbocycles. The molecule has 0 aromatic carbocycles. The summed E-state index contributed by atoms with van der Waals surface area (Å²) in [6.07, 6.45) is 1.22. The molecule has 6 nitrogen and oxygen atoms in total. The van der Waals surface area contributed by atoms with Gasteiger partial charge in [-0.1, -0.05) is 20.8 Å². The first-order chi connectivity index (χ1) is 8.99. The summed E-state index contributed by atoms with van der Waals surface area (Å²) in [7, 11) is -3.11. The number of hydrogen-bond acceptors (Lipinski definition) is 6. The molecule has 0 saturated carbocycles. The summed E-state index contributed by atoms with van der Waals surface area (Å²) in [6.45, 7) is 6.10. The number of anilines is 1. The van der Waals surface area contributed by atoms with Crippen LogP contribution in [-0.2, 0) is 20.0 Å². The van der Waals surface area contributed by atoms with E-state index < -0.39 is 21.8 Å². The predicted octanol–water partition coefficient (Wildman–Crippen LogP) is 1.14. The van der Waals surface area contributed by atoms with Crippen LogP contribution in [0.1, 0.15) is 32.9 Å². The Morgan fingerprint density at radius 2 is 2.10 bits per heavy atom. The number of hydrogen-bond donors (Lipinski definition) is 2. The van der Waals surface area contributed by atoms with Crippen molar-refractivity contribution in [3.05, 3.63) is 11.1 Å². The zero-order valence-corrected chi connectivity index (χ0v) is 13.8. The Balaban J connectivity index is 2.60. The van der Waals surface area contributed by atoms with Gasteiger partial charge in [0.25, 0.3) is 0 Å². The van der Waals surface area contributed by atoms with E-state index in [1.165, 1.54) is 11.3 Å². The molecule has 1 aromatic rings. The first kappa shape index (κ1) is 17.1. The summed E-state index contributed by atoms with van der Waals surface area (Å²) in [6, 6.07) is -0.855. The molecule has 1 unspecified atom stereocenters. The van der Waals surface area contributed by atoms with Gasteiger partial charge in [0.15, 0.2) is 5.13 Å². The second kappa shape index (κ2) is 6.19. The van der Waals surface area contributed by atoms with Gasteiger partial charge in [0, 0.05) is 17.1 Å². The van der Waals surface area contributed by atoms with Gasteiger partial charge in [-0.15, -0.1) is 11.3 Å². The van der Waals surface area contributed by atoms with Crippen molar-refractivity contribution in [2.24, 2.45) is 5.73 Å². The van der Waals surface area contributed by atoms with E-state index in [1.54, 1.807) is 0 Å². The quantitative estimate of drug-likeness (QED) is 0.847. The van der Waals surface area contributed by atoms with Gasteiger partial charge >= 0.3 is 0 Å². The average molecular weight is 319 g/mol. The molecule has 0 aliphatic rings. The largest absolute Gasteiger partial charge is 0.320 e. The third-order valence-electron chi connectivity index (χ3n) is 2.64. The molecule has 1 amide bonds. The molecule has 1 atom stereocenters. The summed E-state index contributed by atoms with van der Waals surface area (Å²) in [4.78, 5) is 16.1. The maximum Gasteiger partial charge on any atom is 0.243 e. The highest BCUT2D eigenvalue weighted by Crippen LogP contribution is 2.26. The van der Waals surface area contributed by atoms with E-state index in [-0.39, 0.29) is 17.6 Å². The third kappa shape index (κ3) is 5.56. The summed E-state index contributed by atoms with van der Waals surface area (Å²) in [5, 5.41) is 4.99. The normalized spacial score (nSPS) is 14.1. The van der Waals surface area contributed by atoms with Crippen molar-refractivity contribution in [3.63, 3.8) is 0 Å². The van der Waals surface area contributed by atoms with Crippen molar-refractivity contribution in [1.29, 1.82) is 0 Å². The number of aromatic nitrogens is 1. The molecule has 20 heavy (non-hydrogen) atoms. The van der Waals surface area contributed by atoms with Gasteiger partial charge < -0.3 is 11.1 Å². The summed E-state index contributed by atoms with van der Waals surface area (Å²) < 4.78 is 22.1. The van der Waals surface area contributed by atoms with Gasteiger partial charge in [-0.2, -0.15) is 0 Å². The van der Waals surface area contributed by atoms with Crippen molar-refractivity contribution in [3.8, 4) is 0 Å². The van der Waals surface area contributed by atoms with Gasteiger partial charge in [0.2, 0.25) is 5.91 Å². The molecule has 1 aromatic heterocycles. The summed E-state index contributed by atoms with van der Waals surface area (Å²) >= 11 is 1.33. The number of amides is 1. The smallest absolute Gasteiger partial charge is 0.243 e. The van der Waals surface area contributed by atoms with Crippen molar-refractivity contribution in [2.75, 3.05) is 17.3 Å². The number of thiazole rings is 1. The Labute approximate surface area is 123 Å². The van der Waals surface area contributed by atoms with Crippen LogP contribution in [0.4, 0.5) is 5.13 Å². The molecule has 0 spiro atoms. The Morgan fingerprint density at radius 3 is 2.55 bits per heavy atom. The summed E-state index contributed by atoms with van der Waals surface area (Å²) in [5.41, 5.74) is 6.47. The molecule has 114 valence electrons. The first-order valence-corrected chi connectivity index (χ1v) is 9.13. The highest BCUT2D eigenvalue weighted by molar-refractivity contribution is 7.90. The lowest BCUT2D eigenvalue weighted by Crippen LogP contribution is -2.37. The molecule has 0 radical (unpaired) electrons. The van der Waals surface area contributed by atoms with E-state index in [0.717, 1.165) is 11.9 Å². The molecule has 1 heterocycles. The number of rotatable bonds is 5. The van der Waals surface area contributed by atoms with Crippen LogP contribution in [0, 0.1) is 0 Å². The van der Waals surface area contributed by atoms with E-state index in [0.29, 0.717) is 5.13 Å². The van der Waals surface area contributed by atoms with Gasteiger partial charge in [0.1, 0.15) is 9.84 Å². The van der Waals surface area contributed by atoms with Gasteiger partial charge in [0.05, 0.1) is 17.5 Å². The van der Waals surface area contributed by atoms with Crippen molar-refractivity contribution in [1.82, 2.24) is 4.98 Å². The van der Waals surface area contributed by atoms with Crippen molar-refractivity contribution in [2.45, 2.75) is 38.6 Å². The van der Waals surface area contributed by atoms with Crippen LogP contribution >= 0.6 is 11.3 Å². The van der Waals surface area contributed by atoms with Crippen molar-refractivity contribution >= 4 is 32.2 Å². The second-order valence-corrected chi connectivity index (χ2v) is 8.92. The van der Waals surface area contributed by atoms with Gasteiger partial charge in [-0.3, -0.25) is 4.79 Å². The Morgan fingerprint density at radius 1 is 1.50 bits per heavy atom. The number of carbonyl (C=O) groups is 1. The number of sulfone groups is 1. The fraction of sp³-hybridized carbons (Fsp3) is 0.667. The monoisotopic (exact) mass is 319 g/mol. The molecule has 1 rings (SSSR count). The minimum Gasteiger partial charge on any atom is -0.320 e. The van der Waals surface area contributed by atoms with E-state index in [1.807, 2.05) is 26.2 Å². The van der Waals surface area contributed by atoms with Crippen LogP contribution in [0.3, 0.4) is 0 Å². The predicted molar refractivity (Wildman–Crippen MR) is 81.7 cm³/mol. The maximum absolute atomic E-state index is 11.8. The summed E-state index contributed by atoms with van der Waals surface area (Å²) in [5.74, 6) is -0.518. The van der Waals surface area contributed by atoms with Crippen LogP contribution in [0.15, 0.2) is 5.38 Å². The highest BCUT2D eigenvalue weighted by Gasteiger charge is 2.20. The fourth-order valence-corrected chi connectivity index (χ4v) is 2.97.